The molecule has 116 valence electrons. The maximum atomic E-state index is 9.57. The van der Waals surface area contributed by atoms with Crippen molar-refractivity contribution in [2.45, 2.75) is 26.7 Å². The molecule has 23 heavy (non-hydrogen) atoms. The van der Waals surface area contributed by atoms with Gasteiger partial charge in [-0.15, -0.1) is 0 Å². The first-order valence-electron chi connectivity index (χ1n) is 7.34. The monoisotopic (exact) mass is 341 g/mol. The van der Waals surface area contributed by atoms with Gasteiger partial charge < -0.3 is 5.73 Å². The van der Waals surface area contributed by atoms with Gasteiger partial charge in [0.25, 0.3) is 0 Å². The fourth-order valence-corrected chi connectivity index (χ4v) is 3.88. The molecule has 0 spiro atoms. The number of nitrogens with zero attached hydrogens (tertiary/aromatic N) is 2. The highest BCUT2D eigenvalue weighted by Crippen LogP contribution is 2.41. The molecule has 0 saturated carbocycles. The zero-order valence-electron chi connectivity index (χ0n) is 13.0. The van der Waals surface area contributed by atoms with Crippen LogP contribution < -0.4 is 5.73 Å². The van der Waals surface area contributed by atoms with E-state index in [4.69, 9.17) is 29.6 Å². The smallest absolute Gasteiger partial charge is 0.142 e. The van der Waals surface area contributed by atoms with Crippen LogP contribution in [0.15, 0.2) is 24.3 Å². The fraction of sp³-hybridized carbons (Fsp3) is 0.278. The Morgan fingerprint density at radius 1 is 1.22 bits per heavy atom. The first-order valence-corrected chi connectivity index (χ1v) is 8.12. The molecule has 1 aromatic heterocycles. The van der Waals surface area contributed by atoms with Crippen molar-refractivity contribution in [2.75, 3.05) is 5.73 Å². The lowest BCUT2D eigenvalue weighted by molar-refractivity contribution is 0.370. The molecule has 5 heteroatoms. The van der Waals surface area contributed by atoms with Crippen molar-refractivity contribution in [1.82, 2.24) is 4.98 Å². The van der Waals surface area contributed by atoms with E-state index in [1.54, 1.807) is 12.1 Å². The van der Waals surface area contributed by atoms with Gasteiger partial charge in [0.2, 0.25) is 0 Å². The van der Waals surface area contributed by atoms with E-state index in [2.05, 4.69) is 24.9 Å². The van der Waals surface area contributed by atoms with E-state index in [1.807, 2.05) is 12.1 Å². The molecule has 2 aromatic rings. The average Bonchev–Trinajstić information content (AvgIpc) is 2.45. The summed E-state index contributed by atoms with van der Waals surface area (Å²) in [6.07, 6.45) is 1.59. The second kappa shape index (κ2) is 5.59. The average molecular weight is 342 g/mol. The van der Waals surface area contributed by atoms with Crippen molar-refractivity contribution in [3.63, 3.8) is 0 Å². The minimum atomic E-state index is 0.0505. The van der Waals surface area contributed by atoms with Gasteiger partial charge in [-0.1, -0.05) is 49.8 Å². The maximum Gasteiger partial charge on any atom is 0.142 e. The Balaban J connectivity index is 2.34. The van der Waals surface area contributed by atoms with Crippen LogP contribution in [0.5, 0.6) is 0 Å². The third kappa shape index (κ3) is 2.83. The van der Waals surface area contributed by atoms with E-state index in [-0.39, 0.29) is 11.2 Å². The molecular formula is C18H16ClN3S. The normalized spacial score (nSPS) is 15.8. The van der Waals surface area contributed by atoms with Gasteiger partial charge in [-0.25, -0.2) is 4.98 Å². The predicted octanol–water partition coefficient (Wildman–Crippen LogP) is 4.55. The van der Waals surface area contributed by atoms with Crippen molar-refractivity contribution in [3.8, 4) is 17.2 Å². The Hall–Kier alpha value is -1.96. The summed E-state index contributed by atoms with van der Waals surface area (Å²) in [5.74, 6) is 0.261. The van der Waals surface area contributed by atoms with E-state index in [9.17, 15) is 5.26 Å². The van der Waals surface area contributed by atoms with Crippen LogP contribution in [-0.2, 0) is 6.42 Å². The lowest BCUT2D eigenvalue weighted by atomic mass is 9.74. The second-order valence-electron chi connectivity index (χ2n) is 6.63. The van der Waals surface area contributed by atoms with Gasteiger partial charge in [0.15, 0.2) is 0 Å². The zero-order valence-corrected chi connectivity index (χ0v) is 14.6. The van der Waals surface area contributed by atoms with Crippen LogP contribution >= 0.6 is 23.8 Å². The number of benzene rings is 1. The van der Waals surface area contributed by atoms with E-state index in [0.29, 0.717) is 10.6 Å². The number of thiocarbonyl (C=S) groups is 1. The minimum Gasteiger partial charge on any atom is -0.383 e. The number of aromatic nitrogens is 1. The number of rotatable bonds is 1. The number of nitrogen functional groups attached to an aromatic ring is 1. The number of hydrogen-bond donors (Lipinski definition) is 1. The third-order valence-corrected chi connectivity index (χ3v) is 4.71. The summed E-state index contributed by atoms with van der Waals surface area (Å²) in [6.45, 7) is 4.33. The molecule has 0 aliphatic heterocycles. The molecule has 1 aliphatic rings. The number of nitriles is 1. The van der Waals surface area contributed by atoms with E-state index in [0.717, 1.165) is 40.1 Å². The van der Waals surface area contributed by atoms with Crippen LogP contribution in [0.3, 0.4) is 0 Å². The molecule has 3 rings (SSSR count). The summed E-state index contributed by atoms with van der Waals surface area (Å²) in [5, 5.41) is 10.2. The quantitative estimate of drug-likeness (QED) is 0.773. The molecule has 0 saturated heterocycles. The lowest BCUT2D eigenvalue weighted by Gasteiger charge is -2.32. The molecule has 3 nitrogen and oxygen atoms in total. The van der Waals surface area contributed by atoms with E-state index in [1.165, 1.54) is 0 Å². The number of hydrogen-bond acceptors (Lipinski definition) is 4. The Morgan fingerprint density at radius 3 is 2.48 bits per heavy atom. The number of nitrogens with two attached hydrogens (primary N) is 1. The minimum absolute atomic E-state index is 0.0505. The Kier molecular flexibility index (Phi) is 3.87. The standard InChI is InChI=1S/C18H16ClN3S/c1-18(2)7-13-16(14(23)8-18)15(12(9-20)17(21)22-13)10-3-5-11(19)6-4-10/h3-6H,7-8H2,1-2H3,(H2,21,22). The summed E-state index contributed by atoms with van der Waals surface area (Å²) in [5.41, 5.74) is 9.94. The topological polar surface area (TPSA) is 62.7 Å². The van der Waals surface area contributed by atoms with Gasteiger partial charge in [0, 0.05) is 21.0 Å². The molecule has 0 fully saturated rings. The van der Waals surface area contributed by atoms with Gasteiger partial charge in [-0.2, -0.15) is 5.26 Å². The molecule has 1 aliphatic carbocycles. The van der Waals surface area contributed by atoms with Gasteiger partial charge >= 0.3 is 0 Å². The SMILES string of the molecule is CC1(C)CC(=S)c2c(nc(N)c(C#N)c2-c2ccc(Cl)cc2)C1. The first-order chi connectivity index (χ1) is 10.8. The van der Waals surface area contributed by atoms with Crippen molar-refractivity contribution in [3.05, 3.63) is 46.1 Å². The fourth-order valence-electron chi connectivity index (χ4n) is 3.14. The third-order valence-electron chi connectivity index (χ3n) is 4.11. The van der Waals surface area contributed by atoms with Gasteiger partial charge in [0.05, 0.1) is 5.69 Å². The van der Waals surface area contributed by atoms with Crippen LogP contribution in [0.4, 0.5) is 5.82 Å². The highest BCUT2D eigenvalue weighted by molar-refractivity contribution is 7.80. The molecule has 2 N–H and O–H groups in total. The maximum absolute atomic E-state index is 9.57. The summed E-state index contributed by atoms with van der Waals surface area (Å²) in [6, 6.07) is 9.57. The van der Waals surface area contributed by atoms with Crippen molar-refractivity contribution >= 4 is 34.5 Å². The van der Waals surface area contributed by atoms with Crippen molar-refractivity contribution < 1.29 is 0 Å². The Bertz CT molecular complexity index is 848. The first kappa shape index (κ1) is 15.9. The Labute approximate surface area is 146 Å². The number of halogens is 1. The van der Waals surface area contributed by atoms with Gasteiger partial charge in [-0.05, 0) is 36.0 Å². The molecule has 1 aromatic carbocycles. The van der Waals surface area contributed by atoms with Crippen LogP contribution in [0.1, 0.15) is 37.1 Å². The second-order valence-corrected chi connectivity index (χ2v) is 7.56. The van der Waals surface area contributed by atoms with Gasteiger partial charge in [0.1, 0.15) is 17.5 Å². The summed E-state index contributed by atoms with van der Waals surface area (Å²) in [4.78, 5) is 5.31. The molecule has 0 bridgehead atoms. The zero-order chi connectivity index (χ0) is 16.8. The summed E-state index contributed by atoms with van der Waals surface area (Å²) < 4.78 is 0. The molecule has 0 atom stereocenters. The molecular weight excluding hydrogens is 326 g/mol. The Morgan fingerprint density at radius 2 is 1.87 bits per heavy atom. The van der Waals surface area contributed by atoms with Gasteiger partial charge in [-0.3, -0.25) is 0 Å². The number of fused-ring (bicyclic) bond motifs is 1. The van der Waals surface area contributed by atoms with Crippen LogP contribution in [0.25, 0.3) is 11.1 Å². The number of pyridine rings is 1. The summed E-state index contributed by atoms with van der Waals surface area (Å²) in [7, 11) is 0. The summed E-state index contributed by atoms with van der Waals surface area (Å²) >= 11 is 11.6. The largest absolute Gasteiger partial charge is 0.383 e. The predicted molar refractivity (Wildman–Crippen MR) is 97.6 cm³/mol. The molecule has 0 amide bonds. The van der Waals surface area contributed by atoms with E-state index < -0.39 is 0 Å². The molecule has 0 radical (unpaired) electrons. The van der Waals surface area contributed by atoms with Crippen molar-refractivity contribution in [1.29, 1.82) is 5.26 Å². The van der Waals surface area contributed by atoms with Crippen LogP contribution in [0, 0.1) is 16.7 Å². The molecule has 1 heterocycles. The number of anilines is 1. The highest BCUT2D eigenvalue weighted by Gasteiger charge is 2.33. The van der Waals surface area contributed by atoms with E-state index >= 15 is 0 Å². The molecule has 0 unspecified atom stereocenters. The van der Waals surface area contributed by atoms with Crippen LogP contribution in [-0.4, -0.2) is 9.85 Å². The van der Waals surface area contributed by atoms with Crippen LogP contribution in [0.2, 0.25) is 5.02 Å². The lowest BCUT2D eigenvalue weighted by Crippen LogP contribution is -2.28. The van der Waals surface area contributed by atoms with Crippen molar-refractivity contribution in [2.24, 2.45) is 5.41 Å². The highest BCUT2D eigenvalue weighted by atomic mass is 35.5.